The van der Waals surface area contributed by atoms with Crippen LogP contribution < -0.4 is 9.47 Å². The molecule has 0 saturated carbocycles. The lowest BCUT2D eigenvalue weighted by atomic mass is 10.0. The summed E-state index contributed by atoms with van der Waals surface area (Å²) in [5, 5.41) is 0. The summed E-state index contributed by atoms with van der Waals surface area (Å²) >= 11 is 0. The first-order valence-electron chi connectivity index (χ1n) is 22.3. The molecule has 0 fully saturated rings. The van der Waals surface area contributed by atoms with E-state index in [0.717, 1.165) is 38.5 Å². The minimum Gasteiger partial charge on any atom is -0.493 e. The van der Waals surface area contributed by atoms with E-state index in [-0.39, 0.29) is 19.4 Å². The molecular weight excluding hydrogens is 699 g/mol. The highest BCUT2D eigenvalue weighted by molar-refractivity contribution is 7.49. The van der Waals surface area contributed by atoms with Gasteiger partial charge in [-0.1, -0.05) is 200 Å². The van der Waals surface area contributed by atoms with Crippen LogP contribution in [0.25, 0.3) is 0 Å². The van der Waals surface area contributed by atoms with Crippen molar-refractivity contribution in [1.82, 2.24) is 0 Å². The van der Waals surface area contributed by atoms with Crippen LogP contribution >= 0.6 is 7.82 Å². The van der Waals surface area contributed by atoms with E-state index < -0.39 is 19.8 Å². The average molecular weight is 781 g/mol. The van der Waals surface area contributed by atoms with Crippen molar-refractivity contribution in [3.63, 3.8) is 0 Å². The van der Waals surface area contributed by atoms with Crippen LogP contribution in [0, 0.1) is 0 Å². The lowest BCUT2D eigenvalue weighted by Gasteiger charge is -2.17. The van der Waals surface area contributed by atoms with Gasteiger partial charge in [-0.05, 0) is 30.5 Å². The number of carbonyl (C=O) groups is 2. The number of ether oxygens (including phenoxy) is 2. The first-order chi connectivity index (χ1) is 26.4. The van der Waals surface area contributed by atoms with Gasteiger partial charge in [-0.2, -0.15) is 0 Å². The zero-order valence-electron chi connectivity index (χ0n) is 35.3. The molecule has 0 saturated heterocycles. The van der Waals surface area contributed by atoms with Crippen LogP contribution in [-0.2, 0) is 34.3 Å². The third kappa shape index (κ3) is 28.4. The van der Waals surface area contributed by atoms with Gasteiger partial charge in [-0.25, -0.2) is 4.57 Å². The quantitative estimate of drug-likeness (QED) is 0.0481. The van der Waals surface area contributed by atoms with E-state index in [1.54, 1.807) is 25.3 Å². The first kappa shape index (κ1) is 50.0. The van der Waals surface area contributed by atoms with Gasteiger partial charge in [0.25, 0.3) is 0 Å². The van der Waals surface area contributed by atoms with Gasteiger partial charge in [0, 0.05) is 12.8 Å². The summed E-state index contributed by atoms with van der Waals surface area (Å²) < 4.78 is 40.4. The number of hydrogen-bond donors (Lipinski definition) is 0. The third-order valence-corrected chi connectivity index (χ3v) is 11.5. The predicted octanol–water partition coefficient (Wildman–Crippen LogP) is 14.9. The Morgan fingerprint density at radius 3 is 1.09 bits per heavy atom. The number of carbonyl (C=O) groups excluding carboxylic acids is 2. The molecule has 0 aliphatic heterocycles. The van der Waals surface area contributed by atoms with Crippen molar-refractivity contribution in [2.45, 2.75) is 226 Å². The number of hydrogen-bond acceptors (Lipinski definition) is 8. The van der Waals surface area contributed by atoms with Crippen LogP contribution in [0.5, 0.6) is 11.5 Å². The normalized spacial score (nSPS) is 11.5. The predicted molar refractivity (Wildman–Crippen MR) is 223 cm³/mol. The Morgan fingerprint density at radius 2 is 0.778 bits per heavy atom. The second kappa shape index (κ2) is 35.4. The Balaban J connectivity index is 2.37. The van der Waals surface area contributed by atoms with Gasteiger partial charge in [-0.3, -0.25) is 14.1 Å². The summed E-state index contributed by atoms with van der Waals surface area (Å²) in [4.78, 5) is 25.5. The number of phosphoric ester groups is 1. The van der Waals surface area contributed by atoms with Crippen LogP contribution in [0.1, 0.15) is 225 Å². The molecule has 0 heterocycles. The number of methoxy groups -OCH3 is 2. The standard InChI is InChI=1S/C45H81O8P/c1-5-7-9-11-13-15-17-19-21-23-25-27-29-31-33-35-44(46)52-54(48,51-40-41-37-38-42(49-3)43(39-41)50-4)53-45(47)36-34-32-30-28-26-24-22-20-18-16-14-12-10-8-6-2/h37-39H,5-36,40H2,1-4H3. The molecule has 0 spiro atoms. The second-order valence-corrected chi connectivity index (χ2v) is 16.8. The minimum atomic E-state index is -4.49. The number of benzene rings is 1. The Labute approximate surface area is 331 Å². The molecule has 0 aliphatic carbocycles. The average Bonchev–Trinajstić information content (AvgIpc) is 3.16. The van der Waals surface area contributed by atoms with E-state index in [1.165, 1.54) is 148 Å². The fourth-order valence-electron chi connectivity index (χ4n) is 6.82. The molecule has 0 unspecified atom stereocenters. The summed E-state index contributed by atoms with van der Waals surface area (Å²) in [5.41, 5.74) is 0.602. The third-order valence-electron chi connectivity index (χ3n) is 10.2. The summed E-state index contributed by atoms with van der Waals surface area (Å²) in [7, 11) is -1.43. The Kier molecular flexibility index (Phi) is 32.7. The maximum atomic E-state index is 13.6. The molecule has 1 rings (SSSR count). The number of unbranched alkanes of at least 4 members (excludes halogenated alkanes) is 28. The van der Waals surface area contributed by atoms with Gasteiger partial charge in [0.1, 0.15) is 0 Å². The molecular formula is C45H81O8P. The molecule has 0 aromatic heterocycles. The van der Waals surface area contributed by atoms with Gasteiger partial charge in [0.15, 0.2) is 11.5 Å². The van der Waals surface area contributed by atoms with E-state index in [4.69, 9.17) is 23.0 Å². The summed E-state index contributed by atoms with van der Waals surface area (Å²) in [5.74, 6) is -0.349. The van der Waals surface area contributed by atoms with Crippen LogP contribution in [-0.4, -0.2) is 26.2 Å². The first-order valence-corrected chi connectivity index (χ1v) is 23.7. The van der Waals surface area contributed by atoms with Gasteiger partial charge in [-0.15, -0.1) is 0 Å². The fraction of sp³-hybridized carbons (Fsp3) is 0.822. The van der Waals surface area contributed by atoms with Crippen LogP contribution in [0.4, 0.5) is 0 Å². The Morgan fingerprint density at radius 1 is 0.463 bits per heavy atom. The molecule has 0 aliphatic rings. The lowest BCUT2D eigenvalue weighted by molar-refractivity contribution is -0.141. The lowest BCUT2D eigenvalue weighted by Crippen LogP contribution is -2.11. The van der Waals surface area contributed by atoms with Crippen LogP contribution in [0.3, 0.4) is 0 Å². The zero-order valence-corrected chi connectivity index (χ0v) is 36.2. The molecule has 54 heavy (non-hydrogen) atoms. The van der Waals surface area contributed by atoms with Crippen molar-refractivity contribution in [3.8, 4) is 11.5 Å². The van der Waals surface area contributed by atoms with Crippen molar-refractivity contribution in [2.75, 3.05) is 14.2 Å². The molecule has 0 atom stereocenters. The van der Waals surface area contributed by atoms with Gasteiger partial charge in [0.2, 0.25) is 0 Å². The highest BCUT2D eigenvalue weighted by Crippen LogP contribution is 2.51. The Bertz CT molecular complexity index is 1040. The molecule has 0 N–H and O–H groups in total. The monoisotopic (exact) mass is 781 g/mol. The minimum absolute atomic E-state index is 0.0958. The molecule has 0 amide bonds. The van der Waals surface area contributed by atoms with Crippen molar-refractivity contribution in [2.24, 2.45) is 0 Å². The van der Waals surface area contributed by atoms with E-state index in [0.29, 0.717) is 29.9 Å². The number of phosphoric acid groups is 1. The maximum Gasteiger partial charge on any atom is 0.592 e. The maximum absolute atomic E-state index is 13.6. The van der Waals surface area contributed by atoms with Gasteiger partial charge < -0.3 is 18.5 Å². The van der Waals surface area contributed by atoms with Crippen LogP contribution in [0.15, 0.2) is 18.2 Å². The van der Waals surface area contributed by atoms with Crippen LogP contribution in [0.2, 0.25) is 0 Å². The zero-order chi connectivity index (χ0) is 39.4. The van der Waals surface area contributed by atoms with E-state index >= 15 is 0 Å². The van der Waals surface area contributed by atoms with E-state index in [9.17, 15) is 14.2 Å². The molecule has 8 nitrogen and oxygen atoms in total. The van der Waals surface area contributed by atoms with Crippen molar-refractivity contribution >= 4 is 19.8 Å². The van der Waals surface area contributed by atoms with Crippen molar-refractivity contribution in [1.29, 1.82) is 0 Å². The molecule has 314 valence electrons. The summed E-state index contributed by atoms with van der Waals surface area (Å²) in [6.45, 7) is 4.32. The molecule has 0 radical (unpaired) electrons. The topological polar surface area (TPSA) is 97.4 Å². The number of rotatable bonds is 39. The van der Waals surface area contributed by atoms with E-state index in [1.807, 2.05) is 0 Å². The highest BCUT2D eigenvalue weighted by Gasteiger charge is 2.35. The van der Waals surface area contributed by atoms with Crippen molar-refractivity contribution < 1.29 is 37.2 Å². The molecule has 9 heteroatoms. The van der Waals surface area contributed by atoms with Gasteiger partial charge >= 0.3 is 19.8 Å². The summed E-state index contributed by atoms with van der Waals surface area (Å²) in [6, 6.07) is 5.10. The van der Waals surface area contributed by atoms with Gasteiger partial charge in [0.05, 0.1) is 20.8 Å². The smallest absolute Gasteiger partial charge is 0.493 e. The second-order valence-electron chi connectivity index (χ2n) is 15.2. The SMILES string of the molecule is CCCCCCCCCCCCCCCCCC(=O)OP(=O)(OCc1ccc(OC)c(OC)c1)OC(=O)CCCCCCCCCCCCCCCCC. The molecule has 1 aromatic carbocycles. The molecule has 1 aromatic rings. The summed E-state index contributed by atoms with van der Waals surface area (Å²) in [6.07, 6.45) is 36.9. The highest BCUT2D eigenvalue weighted by atomic mass is 31.2. The molecule has 0 bridgehead atoms. The van der Waals surface area contributed by atoms with E-state index in [2.05, 4.69) is 13.8 Å². The van der Waals surface area contributed by atoms with Crippen molar-refractivity contribution in [3.05, 3.63) is 23.8 Å². The fourth-order valence-corrected chi connectivity index (χ4v) is 7.95. The largest absolute Gasteiger partial charge is 0.592 e. The Hall–Kier alpha value is -2.05.